The second-order valence-electron chi connectivity index (χ2n) is 7.66. The molecule has 0 N–H and O–H groups in total. The van der Waals surface area contributed by atoms with E-state index in [4.69, 9.17) is 23.7 Å². The normalized spacial score (nSPS) is 24.9. The highest BCUT2D eigenvalue weighted by molar-refractivity contribution is 7.80. The van der Waals surface area contributed by atoms with E-state index in [9.17, 15) is 19.2 Å². The van der Waals surface area contributed by atoms with E-state index < -0.39 is 53.7 Å². The first-order valence-corrected chi connectivity index (χ1v) is 10.5. The Bertz CT molecular complexity index is 874. The number of aryl methyl sites for hydroxylation is 3. The molecular weight excluding hydrogens is 440 g/mol. The molecule has 0 aliphatic carbocycles. The summed E-state index contributed by atoms with van der Waals surface area (Å²) in [5.74, 6) is -2.61. The molecule has 0 aromatic heterocycles. The Hall–Kier alpha value is -2.59. The summed E-state index contributed by atoms with van der Waals surface area (Å²) in [6.07, 6.45) is -4.62. The quantitative estimate of drug-likeness (QED) is 0.381. The van der Waals surface area contributed by atoms with E-state index in [2.05, 4.69) is 12.6 Å². The van der Waals surface area contributed by atoms with E-state index in [0.29, 0.717) is 16.7 Å². The standard InChI is InChI=1S/C22H28O9S/c1-10-7-11(2)17(12(3)8-10)21(26)31-20-19(29-15(6)25)18(28-14(5)24)16(30-22(20)32)9-27-13(4)23/h7-8,16,18-20,22,32H,9H2,1-6H3/t16-,18-,19+,20+,22-/m1/s1. The highest BCUT2D eigenvalue weighted by Gasteiger charge is 2.51. The average molecular weight is 469 g/mol. The Labute approximate surface area is 192 Å². The average Bonchev–Trinajstić information content (AvgIpc) is 2.63. The van der Waals surface area contributed by atoms with Crippen molar-refractivity contribution in [2.45, 2.75) is 71.4 Å². The van der Waals surface area contributed by atoms with E-state index in [-0.39, 0.29) is 6.61 Å². The van der Waals surface area contributed by atoms with E-state index in [1.807, 2.05) is 19.1 Å². The van der Waals surface area contributed by atoms with Gasteiger partial charge in [0.1, 0.15) is 18.1 Å². The Morgan fingerprint density at radius 2 is 1.38 bits per heavy atom. The molecule has 32 heavy (non-hydrogen) atoms. The molecule has 176 valence electrons. The third-order valence-electron chi connectivity index (χ3n) is 4.79. The van der Waals surface area contributed by atoms with Gasteiger partial charge in [-0.25, -0.2) is 4.79 Å². The van der Waals surface area contributed by atoms with Crippen LogP contribution in [0.5, 0.6) is 0 Å². The summed E-state index contributed by atoms with van der Waals surface area (Å²) in [5.41, 5.74) is 1.73. The van der Waals surface area contributed by atoms with Crippen LogP contribution in [0, 0.1) is 20.8 Å². The van der Waals surface area contributed by atoms with Crippen LogP contribution in [0.3, 0.4) is 0 Å². The first-order valence-electron chi connectivity index (χ1n) is 10.0. The van der Waals surface area contributed by atoms with Crippen LogP contribution in [0.1, 0.15) is 47.8 Å². The molecular formula is C22H28O9S. The van der Waals surface area contributed by atoms with Crippen LogP contribution in [0.2, 0.25) is 0 Å². The van der Waals surface area contributed by atoms with Crippen molar-refractivity contribution in [1.82, 2.24) is 0 Å². The summed E-state index contributed by atoms with van der Waals surface area (Å²) in [6.45, 7) is 8.75. The fourth-order valence-corrected chi connectivity index (χ4v) is 4.09. The van der Waals surface area contributed by atoms with Gasteiger partial charge < -0.3 is 23.7 Å². The molecule has 9 nitrogen and oxygen atoms in total. The fourth-order valence-electron chi connectivity index (χ4n) is 3.70. The minimum Gasteiger partial charge on any atom is -0.463 e. The lowest BCUT2D eigenvalue weighted by Crippen LogP contribution is -2.61. The zero-order valence-electron chi connectivity index (χ0n) is 18.9. The molecule has 0 radical (unpaired) electrons. The van der Waals surface area contributed by atoms with Gasteiger partial charge in [0.05, 0.1) is 5.56 Å². The number of thiol groups is 1. The molecule has 1 saturated heterocycles. The molecule has 5 atom stereocenters. The lowest BCUT2D eigenvalue weighted by atomic mass is 9.98. The zero-order chi connectivity index (χ0) is 24.2. The van der Waals surface area contributed by atoms with E-state index in [1.165, 1.54) is 20.8 Å². The summed E-state index contributed by atoms with van der Waals surface area (Å²) < 4.78 is 27.1. The van der Waals surface area contributed by atoms with Crippen molar-refractivity contribution < 1.29 is 42.9 Å². The van der Waals surface area contributed by atoms with E-state index in [0.717, 1.165) is 5.56 Å². The molecule has 1 aromatic rings. The van der Waals surface area contributed by atoms with Crippen molar-refractivity contribution in [3.63, 3.8) is 0 Å². The van der Waals surface area contributed by atoms with Gasteiger partial charge in [0.25, 0.3) is 0 Å². The molecule has 0 unspecified atom stereocenters. The van der Waals surface area contributed by atoms with Gasteiger partial charge in [0, 0.05) is 20.8 Å². The summed E-state index contributed by atoms with van der Waals surface area (Å²) in [7, 11) is 0. The van der Waals surface area contributed by atoms with Gasteiger partial charge in [-0.05, 0) is 31.9 Å². The summed E-state index contributed by atoms with van der Waals surface area (Å²) >= 11 is 4.36. The largest absolute Gasteiger partial charge is 0.463 e. The lowest BCUT2D eigenvalue weighted by Gasteiger charge is -2.43. The molecule has 1 aromatic carbocycles. The topological polar surface area (TPSA) is 114 Å². The number of ether oxygens (including phenoxy) is 5. The minimum absolute atomic E-state index is 0.279. The smallest absolute Gasteiger partial charge is 0.339 e. The lowest BCUT2D eigenvalue weighted by molar-refractivity contribution is -0.231. The van der Waals surface area contributed by atoms with Crippen molar-refractivity contribution in [3.05, 3.63) is 34.4 Å². The van der Waals surface area contributed by atoms with Gasteiger partial charge in [0.15, 0.2) is 18.3 Å². The fraction of sp³-hybridized carbons (Fsp3) is 0.545. The first kappa shape index (κ1) is 25.7. The monoisotopic (exact) mass is 468 g/mol. The molecule has 0 saturated carbocycles. The molecule has 1 aliphatic rings. The van der Waals surface area contributed by atoms with Crippen molar-refractivity contribution in [2.24, 2.45) is 0 Å². The summed E-state index contributed by atoms with van der Waals surface area (Å²) in [5, 5.41) is 0. The van der Waals surface area contributed by atoms with Crippen LogP contribution in [0.4, 0.5) is 0 Å². The molecule has 0 bridgehead atoms. The minimum atomic E-state index is -1.23. The predicted molar refractivity (Wildman–Crippen MR) is 115 cm³/mol. The van der Waals surface area contributed by atoms with Crippen LogP contribution in [0.15, 0.2) is 12.1 Å². The highest BCUT2D eigenvalue weighted by Crippen LogP contribution is 2.31. The maximum atomic E-state index is 13.0. The van der Waals surface area contributed by atoms with Crippen molar-refractivity contribution in [1.29, 1.82) is 0 Å². The second-order valence-corrected chi connectivity index (χ2v) is 8.17. The highest BCUT2D eigenvalue weighted by atomic mass is 32.1. The van der Waals surface area contributed by atoms with Gasteiger partial charge in [-0.2, -0.15) is 0 Å². The van der Waals surface area contributed by atoms with Crippen LogP contribution in [0.25, 0.3) is 0 Å². The molecule has 0 spiro atoms. The molecule has 1 aliphatic heterocycles. The number of rotatable bonds is 6. The van der Waals surface area contributed by atoms with Gasteiger partial charge in [-0.15, -0.1) is 12.6 Å². The third-order valence-corrected chi connectivity index (χ3v) is 5.20. The number of esters is 4. The van der Waals surface area contributed by atoms with Gasteiger partial charge in [-0.1, -0.05) is 17.7 Å². The van der Waals surface area contributed by atoms with Crippen molar-refractivity contribution in [3.8, 4) is 0 Å². The maximum Gasteiger partial charge on any atom is 0.339 e. The Morgan fingerprint density at radius 1 is 0.844 bits per heavy atom. The predicted octanol–water partition coefficient (Wildman–Crippen LogP) is 2.22. The van der Waals surface area contributed by atoms with Gasteiger partial charge in [-0.3, -0.25) is 14.4 Å². The molecule has 10 heteroatoms. The van der Waals surface area contributed by atoms with Gasteiger partial charge >= 0.3 is 23.9 Å². The summed E-state index contributed by atoms with van der Waals surface area (Å²) in [6, 6.07) is 3.69. The first-order chi connectivity index (χ1) is 14.9. The van der Waals surface area contributed by atoms with E-state index in [1.54, 1.807) is 13.8 Å². The van der Waals surface area contributed by atoms with Gasteiger partial charge in [0.2, 0.25) is 0 Å². The zero-order valence-corrected chi connectivity index (χ0v) is 19.8. The number of carbonyl (C=O) groups excluding carboxylic acids is 4. The summed E-state index contributed by atoms with van der Waals surface area (Å²) in [4.78, 5) is 47.8. The van der Waals surface area contributed by atoms with Crippen LogP contribution in [-0.4, -0.2) is 60.3 Å². The Kier molecular flexibility index (Phi) is 8.68. The Balaban J connectivity index is 2.39. The number of benzene rings is 1. The van der Waals surface area contributed by atoms with Crippen LogP contribution < -0.4 is 0 Å². The number of carbonyl (C=O) groups is 4. The molecule has 2 rings (SSSR count). The van der Waals surface area contributed by atoms with Crippen molar-refractivity contribution >= 4 is 36.5 Å². The van der Waals surface area contributed by atoms with Crippen molar-refractivity contribution in [2.75, 3.05) is 6.61 Å². The van der Waals surface area contributed by atoms with E-state index >= 15 is 0 Å². The molecule has 0 amide bonds. The maximum absolute atomic E-state index is 13.0. The SMILES string of the molecule is CC(=O)OC[C@H]1O[C@H](S)[C@@H](OC(=O)c2c(C)cc(C)cc2C)[C@@H](OC(C)=O)[C@@H]1OC(C)=O. The molecule has 1 heterocycles. The third kappa shape index (κ3) is 6.46. The van der Waals surface area contributed by atoms with Crippen LogP contribution in [-0.2, 0) is 38.1 Å². The second kappa shape index (κ2) is 10.8. The Morgan fingerprint density at radius 3 is 1.88 bits per heavy atom. The number of hydrogen-bond donors (Lipinski definition) is 1. The molecule has 1 fully saturated rings. The number of hydrogen-bond acceptors (Lipinski definition) is 10. The van der Waals surface area contributed by atoms with Crippen LogP contribution >= 0.6 is 12.6 Å².